The lowest BCUT2D eigenvalue weighted by Crippen LogP contribution is -2.45. The maximum atomic E-state index is 6.64. The van der Waals surface area contributed by atoms with Gasteiger partial charge in [-0.15, -0.1) is 0 Å². The molecule has 0 atom stereocenters. The largest absolute Gasteiger partial charge is 0.393 e. The van der Waals surface area contributed by atoms with E-state index < -0.39 is 0 Å². The van der Waals surface area contributed by atoms with Crippen LogP contribution in [0.5, 0.6) is 0 Å². The molecule has 1 saturated heterocycles. The van der Waals surface area contributed by atoms with E-state index in [4.69, 9.17) is 5.73 Å². The summed E-state index contributed by atoms with van der Waals surface area (Å²) in [6, 6.07) is 20.9. The molecular formula is C23H28N6. The molecule has 0 aliphatic carbocycles. The Morgan fingerprint density at radius 3 is 1.93 bits per heavy atom. The number of hydrogen-bond acceptors (Lipinski definition) is 6. The van der Waals surface area contributed by atoms with E-state index in [0.717, 1.165) is 50.9 Å². The van der Waals surface area contributed by atoms with E-state index in [1.165, 1.54) is 11.1 Å². The van der Waals surface area contributed by atoms with Gasteiger partial charge in [0.2, 0.25) is 0 Å². The molecule has 1 aromatic heterocycles. The molecule has 0 unspecified atom stereocenters. The van der Waals surface area contributed by atoms with Gasteiger partial charge in [0.1, 0.15) is 12.0 Å². The first-order valence-electron chi connectivity index (χ1n) is 10.1. The normalized spacial score (nSPS) is 14.7. The molecule has 0 amide bonds. The van der Waals surface area contributed by atoms with Crippen molar-refractivity contribution in [2.24, 2.45) is 0 Å². The fraction of sp³-hybridized carbons (Fsp3) is 0.304. The third kappa shape index (κ3) is 4.66. The van der Waals surface area contributed by atoms with Gasteiger partial charge in [0, 0.05) is 39.3 Å². The zero-order valence-electron chi connectivity index (χ0n) is 16.9. The molecule has 0 spiro atoms. The number of nitrogen functional groups attached to an aromatic ring is 1. The van der Waals surface area contributed by atoms with Gasteiger partial charge in [-0.3, -0.25) is 0 Å². The number of benzene rings is 2. The molecule has 1 aliphatic rings. The van der Waals surface area contributed by atoms with Crippen molar-refractivity contribution in [1.29, 1.82) is 0 Å². The first-order chi connectivity index (χ1) is 14.2. The molecule has 0 radical (unpaired) electrons. The van der Waals surface area contributed by atoms with Crippen LogP contribution in [0.15, 0.2) is 67.0 Å². The van der Waals surface area contributed by atoms with Crippen molar-refractivity contribution in [3.05, 3.63) is 78.1 Å². The Balaban J connectivity index is 1.65. The third-order valence-corrected chi connectivity index (χ3v) is 5.38. The summed E-state index contributed by atoms with van der Waals surface area (Å²) in [4.78, 5) is 16.0. The number of nitrogens with zero attached hydrogens (tertiary/aromatic N) is 5. The molecule has 1 aliphatic heterocycles. The number of piperazine rings is 1. The van der Waals surface area contributed by atoms with Crippen LogP contribution >= 0.6 is 0 Å². The maximum absolute atomic E-state index is 6.64. The Bertz CT molecular complexity index is 866. The van der Waals surface area contributed by atoms with Gasteiger partial charge in [-0.05, 0) is 18.2 Å². The van der Waals surface area contributed by atoms with Crippen LogP contribution in [0.3, 0.4) is 0 Å². The summed E-state index contributed by atoms with van der Waals surface area (Å²) in [5.74, 6) is 1.64. The lowest BCUT2D eigenvalue weighted by Gasteiger charge is -2.34. The van der Waals surface area contributed by atoms with E-state index >= 15 is 0 Å². The summed E-state index contributed by atoms with van der Waals surface area (Å²) in [6.07, 6.45) is 1.64. The molecule has 1 fully saturated rings. The smallest absolute Gasteiger partial charge is 0.158 e. The second-order valence-corrected chi connectivity index (χ2v) is 7.55. The Labute approximate surface area is 172 Å². The van der Waals surface area contributed by atoms with Crippen LogP contribution in [-0.4, -0.2) is 48.1 Å². The van der Waals surface area contributed by atoms with Crippen molar-refractivity contribution in [3.63, 3.8) is 0 Å². The van der Waals surface area contributed by atoms with Crippen LogP contribution in [-0.2, 0) is 13.1 Å². The van der Waals surface area contributed by atoms with E-state index in [-0.39, 0.29) is 0 Å². The zero-order valence-corrected chi connectivity index (χ0v) is 16.9. The highest BCUT2D eigenvalue weighted by molar-refractivity contribution is 5.76. The standard InChI is InChI=1S/C23H28N6/c1-27-12-14-28(15-13-27)22-21(24)23(26-18-25-22)29(16-19-8-4-2-5-9-19)17-20-10-6-3-7-11-20/h2-11,18H,12-17,24H2,1H3. The predicted molar refractivity (Wildman–Crippen MR) is 119 cm³/mol. The van der Waals surface area contributed by atoms with Crippen molar-refractivity contribution in [1.82, 2.24) is 14.9 Å². The molecule has 150 valence electrons. The number of anilines is 3. The lowest BCUT2D eigenvalue weighted by atomic mass is 10.1. The van der Waals surface area contributed by atoms with Crippen molar-refractivity contribution in [2.45, 2.75) is 13.1 Å². The third-order valence-electron chi connectivity index (χ3n) is 5.38. The van der Waals surface area contributed by atoms with Gasteiger partial charge in [-0.2, -0.15) is 0 Å². The average molecular weight is 389 g/mol. The van der Waals surface area contributed by atoms with Crippen LogP contribution in [0, 0.1) is 0 Å². The summed E-state index contributed by atoms with van der Waals surface area (Å²) < 4.78 is 0. The van der Waals surface area contributed by atoms with Gasteiger partial charge in [-0.1, -0.05) is 60.7 Å². The first kappa shape index (κ1) is 19.2. The Hall–Kier alpha value is -3.12. The second kappa shape index (κ2) is 8.92. The molecule has 2 heterocycles. The number of nitrogens with two attached hydrogens (primary N) is 1. The Morgan fingerprint density at radius 1 is 0.828 bits per heavy atom. The van der Waals surface area contributed by atoms with Crippen molar-refractivity contribution in [2.75, 3.05) is 48.8 Å². The quantitative estimate of drug-likeness (QED) is 0.700. The molecule has 29 heavy (non-hydrogen) atoms. The molecule has 6 heteroatoms. The zero-order chi connectivity index (χ0) is 20.1. The SMILES string of the molecule is CN1CCN(c2ncnc(N(Cc3ccccc3)Cc3ccccc3)c2N)CC1. The van der Waals surface area contributed by atoms with Crippen LogP contribution in [0.4, 0.5) is 17.3 Å². The van der Waals surface area contributed by atoms with E-state index in [0.29, 0.717) is 5.69 Å². The summed E-state index contributed by atoms with van der Waals surface area (Å²) in [6.45, 7) is 5.34. The molecule has 3 aromatic rings. The van der Waals surface area contributed by atoms with Crippen LogP contribution in [0.2, 0.25) is 0 Å². The summed E-state index contributed by atoms with van der Waals surface area (Å²) in [5, 5.41) is 0. The van der Waals surface area contributed by atoms with Gasteiger partial charge in [0.25, 0.3) is 0 Å². The highest BCUT2D eigenvalue weighted by Crippen LogP contribution is 2.31. The molecule has 2 aromatic carbocycles. The fourth-order valence-corrected chi connectivity index (χ4v) is 3.71. The average Bonchev–Trinajstić information content (AvgIpc) is 2.76. The van der Waals surface area contributed by atoms with E-state index in [1.54, 1.807) is 6.33 Å². The number of rotatable bonds is 6. The molecular weight excluding hydrogens is 360 g/mol. The van der Waals surface area contributed by atoms with E-state index in [1.807, 2.05) is 12.1 Å². The van der Waals surface area contributed by atoms with Crippen molar-refractivity contribution in [3.8, 4) is 0 Å². The summed E-state index contributed by atoms with van der Waals surface area (Å²) in [7, 11) is 2.15. The van der Waals surface area contributed by atoms with Gasteiger partial charge in [0.05, 0.1) is 0 Å². The van der Waals surface area contributed by atoms with Gasteiger partial charge in [0.15, 0.2) is 11.6 Å². The topological polar surface area (TPSA) is 61.5 Å². The van der Waals surface area contributed by atoms with Gasteiger partial charge in [-0.25, -0.2) is 9.97 Å². The van der Waals surface area contributed by atoms with E-state index in [2.05, 4.69) is 80.2 Å². The number of hydrogen-bond donors (Lipinski definition) is 1. The van der Waals surface area contributed by atoms with E-state index in [9.17, 15) is 0 Å². The minimum absolute atomic E-state index is 0.656. The molecule has 6 nitrogen and oxygen atoms in total. The van der Waals surface area contributed by atoms with Crippen LogP contribution < -0.4 is 15.5 Å². The fourth-order valence-electron chi connectivity index (χ4n) is 3.71. The van der Waals surface area contributed by atoms with Gasteiger partial charge < -0.3 is 20.4 Å². The molecule has 4 rings (SSSR count). The predicted octanol–water partition coefficient (Wildman–Crippen LogP) is 3.02. The van der Waals surface area contributed by atoms with Crippen LogP contribution in [0.25, 0.3) is 0 Å². The Morgan fingerprint density at radius 2 is 1.38 bits per heavy atom. The monoisotopic (exact) mass is 388 g/mol. The first-order valence-corrected chi connectivity index (χ1v) is 10.1. The van der Waals surface area contributed by atoms with Crippen molar-refractivity contribution < 1.29 is 0 Å². The van der Waals surface area contributed by atoms with Gasteiger partial charge >= 0.3 is 0 Å². The lowest BCUT2D eigenvalue weighted by molar-refractivity contribution is 0.312. The maximum Gasteiger partial charge on any atom is 0.158 e. The molecule has 0 saturated carbocycles. The second-order valence-electron chi connectivity index (χ2n) is 7.55. The minimum Gasteiger partial charge on any atom is -0.393 e. The summed E-state index contributed by atoms with van der Waals surface area (Å²) >= 11 is 0. The molecule has 0 bridgehead atoms. The van der Waals surface area contributed by atoms with Crippen molar-refractivity contribution >= 4 is 17.3 Å². The Kier molecular flexibility index (Phi) is 5.91. The highest BCUT2D eigenvalue weighted by atomic mass is 15.3. The molecule has 2 N–H and O–H groups in total. The number of aromatic nitrogens is 2. The summed E-state index contributed by atoms with van der Waals surface area (Å²) in [5.41, 5.74) is 9.74. The number of likely N-dealkylation sites (N-methyl/N-ethyl adjacent to an activating group) is 1. The highest BCUT2D eigenvalue weighted by Gasteiger charge is 2.22. The van der Waals surface area contributed by atoms with Crippen LogP contribution in [0.1, 0.15) is 11.1 Å². The minimum atomic E-state index is 0.656.